The molecule has 148 valence electrons. The van der Waals surface area contributed by atoms with Gasteiger partial charge in [-0.2, -0.15) is 0 Å². The van der Waals surface area contributed by atoms with Crippen LogP contribution in [-0.2, 0) is 13.0 Å². The van der Waals surface area contributed by atoms with E-state index in [0.29, 0.717) is 10.9 Å². The summed E-state index contributed by atoms with van der Waals surface area (Å²) in [5.74, 6) is 3.45. The Bertz CT molecular complexity index is 994. The smallest absolute Gasteiger partial charge is 0.141 e. The van der Waals surface area contributed by atoms with Gasteiger partial charge in [0.2, 0.25) is 0 Å². The minimum Gasteiger partial charge on any atom is -0.357 e. The lowest BCUT2D eigenvalue weighted by atomic mass is 9.95. The maximum atomic E-state index is 6.22. The van der Waals surface area contributed by atoms with Gasteiger partial charge in [-0.1, -0.05) is 17.7 Å². The number of nitrogens with zero attached hydrogens (tertiary/aromatic N) is 6. The van der Waals surface area contributed by atoms with Gasteiger partial charge in [-0.25, -0.2) is 4.98 Å². The van der Waals surface area contributed by atoms with Gasteiger partial charge in [0.15, 0.2) is 0 Å². The van der Waals surface area contributed by atoms with Crippen LogP contribution in [0.2, 0.25) is 5.02 Å². The van der Waals surface area contributed by atoms with E-state index in [0.717, 1.165) is 74.2 Å². The van der Waals surface area contributed by atoms with Gasteiger partial charge in [-0.3, -0.25) is 4.57 Å². The molecule has 0 amide bonds. The molecule has 1 saturated heterocycles. The molecule has 2 aromatic heterocycles. The number of hydrogen-bond acceptors (Lipinski definition) is 5. The highest BCUT2D eigenvalue weighted by Crippen LogP contribution is 2.32. The Labute approximate surface area is 176 Å². The Morgan fingerprint density at radius 2 is 1.97 bits per heavy atom. The summed E-state index contributed by atoms with van der Waals surface area (Å²) in [6.45, 7) is 3.70. The molecule has 0 aliphatic carbocycles. The summed E-state index contributed by atoms with van der Waals surface area (Å²) in [7, 11) is 2.12. The van der Waals surface area contributed by atoms with Crippen molar-refractivity contribution in [3.63, 3.8) is 0 Å². The van der Waals surface area contributed by atoms with Crippen LogP contribution in [0.1, 0.15) is 36.0 Å². The van der Waals surface area contributed by atoms with Gasteiger partial charge < -0.3 is 9.80 Å². The van der Waals surface area contributed by atoms with Gasteiger partial charge in [0.1, 0.15) is 23.2 Å². The second-order valence-electron chi connectivity index (χ2n) is 7.86. The number of rotatable bonds is 2. The number of halogens is 1. The molecular formula is C22H23ClN6. The molecule has 3 aromatic rings. The second kappa shape index (κ2) is 7.66. The number of aromatic nitrogens is 4. The molecule has 1 aromatic carbocycles. The third-order valence-corrected chi connectivity index (χ3v) is 6.08. The van der Waals surface area contributed by atoms with Gasteiger partial charge in [-0.05, 0) is 50.2 Å². The van der Waals surface area contributed by atoms with Gasteiger partial charge in [0.05, 0.1) is 5.02 Å². The molecule has 2 aliphatic heterocycles. The zero-order chi connectivity index (χ0) is 19.8. The summed E-state index contributed by atoms with van der Waals surface area (Å²) >= 11 is 6.22. The van der Waals surface area contributed by atoms with E-state index < -0.39 is 0 Å². The minimum absolute atomic E-state index is 0.366. The molecule has 1 fully saturated rings. The number of piperidine rings is 1. The highest BCUT2D eigenvalue weighted by Gasteiger charge is 2.29. The van der Waals surface area contributed by atoms with Crippen molar-refractivity contribution >= 4 is 17.4 Å². The van der Waals surface area contributed by atoms with Crippen molar-refractivity contribution < 1.29 is 0 Å². The first kappa shape index (κ1) is 18.4. The van der Waals surface area contributed by atoms with Crippen LogP contribution in [0.4, 0.5) is 5.82 Å². The van der Waals surface area contributed by atoms with E-state index in [-0.39, 0.29) is 0 Å². The van der Waals surface area contributed by atoms with Gasteiger partial charge in [0.25, 0.3) is 0 Å². The Balaban J connectivity index is 1.46. The molecule has 0 bridgehead atoms. The van der Waals surface area contributed by atoms with Crippen LogP contribution in [0, 0.1) is 12.1 Å². The van der Waals surface area contributed by atoms with Crippen LogP contribution in [0.3, 0.4) is 0 Å². The zero-order valence-electron chi connectivity index (χ0n) is 16.5. The van der Waals surface area contributed by atoms with Crippen molar-refractivity contribution in [2.45, 2.75) is 31.7 Å². The van der Waals surface area contributed by atoms with Crippen LogP contribution in [0.5, 0.6) is 0 Å². The molecule has 0 unspecified atom stereocenters. The van der Waals surface area contributed by atoms with Crippen LogP contribution in [0.25, 0.3) is 5.69 Å². The Kier molecular flexibility index (Phi) is 4.86. The fourth-order valence-electron chi connectivity index (χ4n) is 4.35. The predicted octanol–water partition coefficient (Wildman–Crippen LogP) is 3.29. The van der Waals surface area contributed by atoms with Gasteiger partial charge in [-0.15, -0.1) is 10.2 Å². The topological polar surface area (TPSA) is 50.1 Å². The summed E-state index contributed by atoms with van der Waals surface area (Å²) in [5, 5.41) is 9.80. The zero-order valence-corrected chi connectivity index (χ0v) is 17.2. The molecule has 29 heavy (non-hydrogen) atoms. The summed E-state index contributed by atoms with van der Waals surface area (Å²) < 4.78 is 2.22. The highest BCUT2D eigenvalue weighted by molar-refractivity contribution is 6.30. The van der Waals surface area contributed by atoms with Crippen molar-refractivity contribution in [1.29, 1.82) is 0 Å². The molecule has 6 nitrogen and oxygen atoms in total. The van der Waals surface area contributed by atoms with E-state index in [4.69, 9.17) is 11.6 Å². The maximum absolute atomic E-state index is 6.22. The SMILES string of the molecule is CN1CCc2nnc(C3CCN(c4ccccn4)CC3)n2-c2c#cc(Cl)cc2C1. The van der Waals surface area contributed by atoms with E-state index in [1.165, 1.54) is 0 Å². The maximum Gasteiger partial charge on any atom is 0.141 e. The molecule has 4 heterocycles. The summed E-state index contributed by atoms with van der Waals surface area (Å²) in [4.78, 5) is 9.13. The van der Waals surface area contributed by atoms with Gasteiger partial charge >= 0.3 is 0 Å². The molecule has 0 saturated carbocycles. The Morgan fingerprint density at radius 3 is 2.76 bits per heavy atom. The van der Waals surface area contributed by atoms with E-state index in [9.17, 15) is 0 Å². The first-order valence-electron chi connectivity index (χ1n) is 10.1. The molecule has 0 radical (unpaired) electrons. The Morgan fingerprint density at radius 1 is 1.10 bits per heavy atom. The van der Waals surface area contributed by atoms with Crippen LogP contribution >= 0.6 is 11.6 Å². The number of likely N-dealkylation sites (N-methyl/N-ethyl adjacent to an activating group) is 1. The average Bonchev–Trinajstić information content (AvgIpc) is 3.15. The largest absolute Gasteiger partial charge is 0.357 e. The lowest BCUT2D eigenvalue weighted by Gasteiger charge is -2.32. The molecule has 0 N–H and O–H groups in total. The van der Waals surface area contributed by atoms with Crippen molar-refractivity contribution in [2.24, 2.45) is 0 Å². The lowest BCUT2D eigenvalue weighted by molar-refractivity contribution is 0.323. The predicted molar refractivity (Wildman–Crippen MR) is 113 cm³/mol. The number of anilines is 1. The van der Waals surface area contributed by atoms with Crippen molar-refractivity contribution in [3.05, 3.63) is 64.8 Å². The van der Waals surface area contributed by atoms with Crippen LogP contribution in [-0.4, -0.2) is 51.3 Å². The highest BCUT2D eigenvalue weighted by atomic mass is 35.5. The molecule has 0 spiro atoms. The van der Waals surface area contributed by atoms with Crippen molar-refractivity contribution in [1.82, 2.24) is 24.6 Å². The third-order valence-electron chi connectivity index (χ3n) is 5.87. The fraction of sp³-hybridized carbons (Fsp3) is 0.409. The second-order valence-corrected chi connectivity index (χ2v) is 8.27. The summed E-state index contributed by atoms with van der Waals surface area (Å²) in [6.07, 6.45) is 4.78. The van der Waals surface area contributed by atoms with Crippen molar-refractivity contribution in [2.75, 3.05) is 31.6 Å². The normalized spacial score (nSPS) is 17.8. The van der Waals surface area contributed by atoms with Crippen LogP contribution < -0.4 is 4.90 Å². The third kappa shape index (κ3) is 3.57. The first-order chi connectivity index (χ1) is 14.2. The van der Waals surface area contributed by atoms with E-state index in [1.54, 1.807) is 0 Å². The monoisotopic (exact) mass is 406 g/mol. The summed E-state index contributed by atoms with van der Waals surface area (Å²) in [6, 6.07) is 14.4. The van der Waals surface area contributed by atoms with Crippen LogP contribution in [0.15, 0.2) is 30.5 Å². The fourth-order valence-corrected chi connectivity index (χ4v) is 4.52. The standard InChI is InChI=1S/C22H23ClN6/c1-27-11-9-21-25-26-22(29(21)19-6-5-18(23)14-17(19)15-27)16-7-12-28(13-8-16)20-4-2-3-10-24-20/h2-4,10,14,16H,7-9,11-13,15H2,1H3. The van der Waals surface area contributed by atoms with E-state index in [2.05, 4.69) is 54.8 Å². The molecule has 5 rings (SSSR count). The van der Waals surface area contributed by atoms with E-state index in [1.807, 2.05) is 24.4 Å². The number of fused-ring (bicyclic) bond motifs is 3. The number of hydrogen-bond donors (Lipinski definition) is 0. The minimum atomic E-state index is 0.366. The average molecular weight is 407 g/mol. The molecule has 7 heteroatoms. The first-order valence-corrected chi connectivity index (χ1v) is 10.5. The molecule has 0 atom stereocenters. The van der Waals surface area contributed by atoms with Crippen molar-refractivity contribution in [3.8, 4) is 5.69 Å². The Hall–Kier alpha value is -2.62. The molecule has 2 aliphatic rings. The number of pyridine rings is 1. The lowest BCUT2D eigenvalue weighted by Crippen LogP contribution is -2.34. The summed E-state index contributed by atoms with van der Waals surface area (Å²) in [5.41, 5.74) is 2.13. The molecular weight excluding hydrogens is 384 g/mol. The quantitative estimate of drug-likeness (QED) is 0.653. The van der Waals surface area contributed by atoms with E-state index >= 15 is 0 Å². The van der Waals surface area contributed by atoms with Gasteiger partial charge in [0, 0.05) is 50.3 Å².